The molecule has 0 radical (unpaired) electrons. The van der Waals surface area contributed by atoms with Gasteiger partial charge in [0.25, 0.3) is 0 Å². The Kier molecular flexibility index (Phi) is 4.19. The van der Waals surface area contributed by atoms with Gasteiger partial charge in [-0.2, -0.15) is 9.78 Å². The Bertz CT molecular complexity index is 909. The van der Waals surface area contributed by atoms with Crippen molar-refractivity contribution in [1.29, 1.82) is 0 Å². The molecule has 0 amide bonds. The zero-order chi connectivity index (χ0) is 17.2. The lowest BCUT2D eigenvalue weighted by Crippen LogP contribution is -2.46. The molecule has 7 heteroatoms. The summed E-state index contributed by atoms with van der Waals surface area (Å²) in [7, 11) is 0. The smallest absolute Gasteiger partial charge is 0.347 e. The lowest BCUT2D eigenvalue weighted by molar-refractivity contribution is 0.653. The summed E-state index contributed by atoms with van der Waals surface area (Å²) < 4.78 is 1.35. The molecule has 2 aromatic carbocycles. The van der Waals surface area contributed by atoms with Crippen LogP contribution in [0.4, 0.5) is 11.4 Å². The molecule has 1 saturated heterocycles. The Labute approximate surface area is 150 Å². The van der Waals surface area contributed by atoms with Crippen LogP contribution in [0, 0.1) is 0 Å². The molecule has 1 aliphatic heterocycles. The zero-order valence-electron chi connectivity index (χ0n) is 13.6. The average molecular weight is 356 g/mol. The second-order valence-electron chi connectivity index (χ2n) is 5.98. The maximum Gasteiger partial charge on any atom is 0.347 e. The van der Waals surface area contributed by atoms with Crippen LogP contribution in [0.25, 0.3) is 5.69 Å². The third-order valence-electron chi connectivity index (χ3n) is 4.47. The highest BCUT2D eigenvalue weighted by atomic mass is 35.5. The molecule has 1 aliphatic rings. The van der Waals surface area contributed by atoms with E-state index in [1.807, 2.05) is 42.5 Å². The van der Waals surface area contributed by atoms with Gasteiger partial charge in [0.15, 0.2) is 0 Å². The van der Waals surface area contributed by atoms with E-state index >= 15 is 0 Å². The van der Waals surface area contributed by atoms with E-state index in [4.69, 9.17) is 11.6 Å². The summed E-state index contributed by atoms with van der Waals surface area (Å²) in [4.78, 5) is 18.9. The Morgan fingerprint density at radius 1 is 0.880 bits per heavy atom. The quantitative estimate of drug-likeness (QED) is 0.784. The van der Waals surface area contributed by atoms with E-state index in [0.29, 0.717) is 0 Å². The first-order valence-electron chi connectivity index (χ1n) is 8.19. The number of H-pyrrole nitrogens is 1. The summed E-state index contributed by atoms with van der Waals surface area (Å²) in [6, 6.07) is 15.9. The van der Waals surface area contributed by atoms with E-state index in [2.05, 4.69) is 25.9 Å². The number of aromatic amines is 1. The van der Waals surface area contributed by atoms with E-state index < -0.39 is 0 Å². The standard InChI is InChI=1S/C18H18ClN5O/c19-14-2-1-3-17(12-14)23-10-8-22(9-11-23)15-4-6-16(7-5-15)24-18(25)20-13-21-24/h1-7,12-13H,8-11H2,(H,20,21,25). The first-order valence-corrected chi connectivity index (χ1v) is 8.57. The van der Waals surface area contributed by atoms with Crippen molar-refractivity contribution in [3.8, 4) is 5.69 Å². The second-order valence-corrected chi connectivity index (χ2v) is 6.41. The number of aromatic nitrogens is 3. The van der Waals surface area contributed by atoms with Crippen LogP contribution >= 0.6 is 11.6 Å². The number of rotatable bonds is 3. The third-order valence-corrected chi connectivity index (χ3v) is 4.70. The molecule has 25 heavy (non-hydrogen) atoms. The van der Waals surface area contributed by atoms with Crippen LogP contribution in [0.15, 0.2) is 59.7 Å². The molecule has 0 bridgehead atoms. The van der Waals surface area contributed by atoms with E-state index in [9.17, 15) is 4.79 Å². The first-order chi connectivity index (χ1) is 12.2. The topological polar surface area (TPSA) is 57.2 Å². The summed E-state index contributed by atoms with van der Waals surface area (Å²) >= 11 is 6.09. The van der Waals surface area contributed by atoms with Crippen molar-refractivity contribution in [3.63, 3.8) is 0 Å². The molecule has 1 N–H and O–H groups in total. The van der Waals surface area contributed by atoms with E-state index in [0.717, 1.165) is 42.6 Å². The minimum atomic E-state index is -0.233. The molecule has 0 saturated carbocycles. The number of hydrogen-bond donors (Lipinski definition) is 1. The molecular formula is C18H18ClN5O. The predicted molar refractivity (Wildman–Crippen MR) is 100 cm³/mol. The van der Waals surface area contributed by atoms with Crippen molar-refractivity contribution in [2.24, 2.45) is 0 Å². The van der Waals surface area contributed by atoms with Crippen LogP contribution in [0.2, 0.25) is 5.02 Å². The van der Waals surface area contributed by atoms with Crippen molar-refractivity contribution in [3.05, 3.63) is 70.4 Å². The number of anilines is 2. The maximum absolute atomic E-state index is 11.6. The molecule has 0 spiro atoms. The molecule has 1 aromatic heterocycles. The zero-order valence-corrected chi connectivity index (χ0v) is 14.4. The first kappa shape index (κ1) is 15.8. The number of hydrogen-bond acceptors (Lipinski definition) is 4. The Morgan fingerprint density at radius 3 is 2.12 bits per heavy atom. The van der Waals surface area contributed by atoms with Gasteiger partial charge < -0.3 is 9.80 Å². The van der Waals surface area contributed by atoms with E-state index in [1.165, 1.54) is 16.7 Å². The van der Waals surface area contributed by atoms with Gasteiger partial charge in [0.2, 0.25) is 0 Å². The Hall–Kier alpha value is -2.73. The van der Waals surface area contributed by atoms with Crippen molar-refractivity contribution in [2.45, 2.75) is 0 Å². The Morgan fingerprint density at radius 2 is 1.52 bits per heavy atom. The van der Waals surface area contributed by atoms with Gasteiger partial charge in [0.1, 0.15) is 6.33 Å². The van der Waals surface area contributed by atoms with Gasteiger partial charge >= 0.3 is 5.69 Å². The van der Waals surface area contributed by atoms with Crippen LogP contribution in [0.1, 0.15) is 0 Å². The number of nitrogens with one attached hydrogen (secondary N) is 1. The molecule has 3 aromatic rings. The van der Waals surface area contributed by atoms with Gasteiger partial charge in [0, 0.05) is 42.6 Å². The average Bonchev–Trinajstić information content (AvgIpc) is 3.08. The minimum Gasteiger partial charge on any atom is -0.368 e. The fourth-order valence-corrected chi connectivity index (χ4v) is 3.32. The lowest BCUT2D eigenvalue weighted by Gasteiger charge is -2.37. The minimum absolute atomic E-state index is 0.233. The van der Waals surface area contributed by atoms with Crippen LogP contribution in [0.5, 0.6) is 0 Å². The highest BCUT2D eigenvalue weighted by molar-refractivity contribution is 6.30. The monoisotopic (exact) mass is 355 g/mol. The van der Waals surface area contributed by atoms with Crippen molar-refractivity contribution in [1.82, 2.24) is 14.8 Å². The third kappa shape index (κ3) is 3.25. The van der Waals surface area contributed by atoms with Crippen LogP contribution in [0.3, 0.4) is 0 Å². The van der Waals surface area contributed by atoms with Gasteiger partial charge in [-0.1, -0.05) is 17.7 Å². The largest absolute Gasteiger partial charge is 0.368 e. The molecule has 0 atom stereocenters. The SMILES string of the molecule is O=c1[nH]cnn1-c1ccc(N2CCN(c3cccc(Cl)c3)CC2)cc1. The van der Waals surface area contributed by atoms with E-state index in [-0.39, 0.29) is 5.69 Å². The van der Waals surface area contributed by atoms with Gasteiger partial charge in [-0.15, -0.1) is 0 Å². The van der Waals surface area contributed by atoms with Crippen molar-refractivity contribution in [2.75, 3.05) is 36.0 Å². The number of piperazine rings is 1. The van der Waals surface area contributed by atoms with E-state index in [1.54, 1.807) is 0 Å². The Balaban J connectivity index is 1.44. The lowest BCUT2D eigenvalue weighted by atomic mass is 10.2. The summed E-state index contributed by atoms with van der Waals surface area (Å²) in [6.07, 6.45) is 1.39. The second kappa shape index (κ2) is 6.64. The molecule has 128 valence electrons. The summed E-state index contributed by atoms with van der Waals surface area (Å²) in [5.41, 5.74) is 2.84. The number of nitrogens with zero attached hydrogens (tertiary/aromatic N) is 4. The van der Waals surface area contributed by atoms with Gasteiger partial charge in [-0.3, -0.25) is 4.98 Å². The van der Waals surface area contributed by atoms with Gasteiger partial charge in [0.05, 0.1) is 5.69 Å². The summed E-state index contributed by atoms with van der Waals surface area (Å²) in [6.45, 7) is 3.77. The number of benzene rings is 2. The fraction of sp³-hybridized carbons (Fsp3) is 0.222. The summed E-state index contributed by atoms with van der Waals surface area (Å²) in [5, 5.41) is 4.76. The van der Waals surface area contributed by atoms with Gasteiger partial charge in [-0.25, -0.2) is 4.79 Å². The molecular weight excluding hydrogens is 338 g/mol. The van der Waals surface area contributed by atoms with Crippen molar-refractivity contribution >= 4 is 23.0 Å². The molecule has 0 unspecified atom stereocenters. The van der Waals surface area contributed by atoms with Crippen molar-refractivity contribution < 1.29 is 0 Å². The number of halogens is 1. The van der Waals surface area contributed by atoms with Crippen LogP contribution in [-0.4, -0.2) is 40.9 Å². The van der Waals surface area contributed by atoms with Crippen LogP contribution < -0.4 is 15.5 Å². The molecule has 4 rings (SSSR count). The predicted octanol–water partition coefficient (Wildman–Crippen LogP) is 2.54. The fourth-order valence-electron chi connectivity index (χ4n) is 3.14. The highest BCUT2D eigenvalue weighted by Gasteiger charge is 2.17. The molecule has 2 heterocycles. The summed E-state index contributed by atoms with van der Waals surface area (Å²) in [5.74, 6) is 0. The molecule has 6 nitrogen and oxygen atoms in total. The van der Waals surface area contributed by atoms with Crippen LogP contribution in [-0.2, 0) is 0 Å². The molecule has 1 fully saturated rings. The normalized spacial score (nSPS) is 14.8. The maximum atomic E-state index is 11.6. The van der Waals surface area contributed by atoms with Gasteiger partial charge in [-0.05, 0) is 42.5 Å². The molecule has 0 aliphatic carbocycles. The highest BCUT2D eigenvalue weighted by Crippen LogP contribution is 2.23.